The number of hydrogen-bond acceptors (Lipinski definition) is 2. The molecule has 0 saturated heterocycles. The fourth-order valence-corrected chi connectivity index (χ4v) is 1.96. The zero-order chi connectivity index (χ0) is 9.73. The summed E-state index contributed by atoms with van der Waals surface area (Å²) in [4.78, 5) is 11.1. The molecule has 1 fully saturated rings. The number of carbonyl (C=O) groups excluding carboxylic acids is 1. The number of halogens is 1. The highest BCUT2D eigenvalue weighted by Gasteiger charge is 2.39. The first-order valence-electron chi connectivity index (χ1n) is 5.00. The lowest BCUT2D eigenvalue weighted by Crippen LogP contribution is -2.41. The lowest BCUT2D eigenvalue weighted by Gasteiger charge is -2.41. The third-order valence-corrected chi connectivity index (χ3v) is 3.21. The summed E-state index contributed by atoms with van der Waals surface area (Å²) in [6.45, 7) is 1.85. The Labute approximate surface area is 88.2 Å². The summed E-state index contributed by atoms with van der Waals surface area (Å²) in [5, 5.41) is 0.998. The lowest BCUT2D eigenvalue weighted by atomic mass is 9.77. The third kappa shape index (κ3) is 2.97. The molecule has 3 heteroatoms. The summed E-state index contributed by atoms with van der Waals surface area (Å²) < 4.78 is 5.47. The average molecular weight is 249 g/mol. The number of ether oxygens (including phenoxy) is 1. The molecule has 1 aliphatic rings. The molecule has 0 bridgehead atoms. The molecule has 0 aromatic carbocycles. The number of rotatable bonds is 5. The van der Waals surface area contributed by atoms with E-state index in [1.54, 1.807) is 0 Å². The minimum absolute atomic E-state index is 0.0470. The van der Waals surface area contributed by atoms with Gasteiger partial charge in [-0.3, -0.25) is 4.79 Å². The van der Waals surface area contributed by atoms with Gasteiger partial charge in [-0.25, -0.2) is 0 Å². The molecule has 0 unspecified atom stereocenters. The second-order valence-corrected chi connectivity index (χ2v) is 4.45. The molecule has 1 aliphatic carbocycles. The second-order valence-electron chi connectivity index (χ2n) is 3.66. The van der Waals surface area contributed by atoms with Crippen molar-refractivity contribution in [3.8, 4) is 0 Å². The van der Waals surface area contributed by atoms with Crippen LogP contribution in [0.4, 0.5) is 0 Å². The van der Waals surface area contributed by atoms with Gasteiger partial charge in [-0.1, -0.05) is 22.9 Å². The van der Waals surface area contributed by atoms with Crippen molar-refractivity contribution in [1.82, 2.24) is 0 Å². The predicted molar refractivity (Wildman–Crippen MR) is 56.0 cm³/mol. The van der Waals surface area contributed by atoms with Crippen LogP contribution in [0.2, 0.25) is 0 Å². The molecule has 0 atom stereocenters. The Kier molecular flexibility index (Phi) is 4.23. The quantitative estimate of drug-likeness (QED) is 0.553. The molecular formula is C10H17BrO2. The highest BCUT2D eigenvalue weighted by Crippen LogP contribution is 2.39. The minimum atomic E-state index is -0.0825. The van der Waals surface area contributed by atoms with E-state index in [0.717, 1.165) is 31.0 Å². The van der Waals surface area contributed by atoms with E-state index in [0.29, 0.717) is 6.42 Å². The van der Waals surface area contributed by atoms with Gasteiger partial charge in [-0.05, 0) is 32.1 Å². The Bertz CT molecular complexity index is 176. The molecule has 0 spiro atoms. The Hall–Kier alpha value is -0.0500. The van der Waals surface area contributed by atoms with Gasteiger partial charge in [0.15, 0.2) is 0 Å². The van der Waals surface area contributed by atoms with Crippen molar-refractivity contribution < 1.29 is 9.53 Å². The monoisotopic (exact) mass is 248 g/mol. The molecule has 0 N–H and O–H groups in total. The first kappa shape index (κ1) is 11.0. The van der Waals surface area contributed by atoms with Crippen LogP contribution in [-0.2, 0) is 9.53 Å². The maximum atomic E-state index is 11.1. The summed E-state index contributed by atoms with van der Waals surface area (Å²) in [7, 11) is 0. The molecular weight excluding hydrogens is 232 g/mol. The highest BCUT2D eigenvalue weighted by molar-refractivity contribution is 9.09. The van der Waals surface area contributed by atoms with Gasteiger partial charge < -0.3 is 4.74 Å². The third-order valence-electron chi connectivity index (χ3n) is 2.65. The molecule has 1 rings (SSSR count). The van der Waals surface area contributed by atoms with Crippen LogP contribution in [0, 0.1) is 0 Å². The van der Waals surface area contributed by atoms with Crippen LogP contribution in [0.25, 0.3) is 0 Å². The maximum absolute atomic E-state index is 11.1. The van der Waals surface area contributed by atoms with Crippen LogP contribution in [-0.4, -0.2) is 16.9 Å². The van der Waals surface area contributed by atoms with Crippen LogP contribution < -0.4 is 0 Å². The first-order valence-corrected chi connectivity index (χ1v) is 6.12. The number of alkyl halides is 1. The second kappa shape index (κ2) is 4.99. The van der Waals surface area contributed by atoms with E-state index >= 15 is 0 Å². The van der Waals surface area contributed by atoms with Gasteiger partial charge in [0.25, 0.3) is 0 Å². The lowest BCUT2D eigenvalue weighted by molar-refractivity contribution is -0.170. The first-order chi connectivity index (χ1) is 6.22. The normalized spacial score (nSPS) is 19.2. The van der Waals surface area contributed by atoms with E-state index in [-0.39, 0.29) is 11.6 Å². The Balaban J connectivity index is 2.35. The fourth-order valence-electron chi connectivity index (χ4n) is 1.68. The Morgan fingerprint density at radius 2 is 2.23 bits per heavy atom. The zero-order valence-electron chi connectivity index (χ0n) is 8.14. The predicted octanol–water partition coefficient (Wildman–Crippen LogP) is 3.04. The number of carbonyl (C=O) groups is 1. The SMILES string of the molecule is CCC(=O)OC1(CCCBr)CCC1. The fraction of sp³-hybridized carbons (Fsp3) is 0.900. The van der Waals surface area contributed by atoms with Gasteiger partial charge in [0.1, 0.15) is 5.60 Å². The Morgan fingerprint density at radius 1 is 1.54 bits per heavy atom. The van der Waals surface area contributed by atoms with Crippen LogP contribution in [0.1, 0.15) is 45.4 Å². The van der Waals surface area contributed by atoms with Crippen molar-refractivity contribution in [3.05, 3.63) is 0 Å². The van der Waals surface area contributed by atoms with E-state index in [2.05, 4.69) is 15.9 Å². The summed E-state index contributed by atoms with van der Waals surface area (Å²) >= 11 is 3.40. The van der Waals surface area contributed by atoms with Gasteiger partial charge in [0, 0.05) is 11.8 Å². The summed E-state index contributed by atoms with van der Waals surface area (Å²) in [6.07, 6.45) is 5.94. The van der Waals surface area contributed by atoms with Crippen LogP contribution in [0.5, 0.6) is 0 Å². The molecule has 0 amide bonds. The minimum Gasteiger partial charge on any atom is -0.459 e. The molecule has 1 saturated carbocycles. The molecule has 0 aromatic heterocycles. The largest absolute Gasteiger partial charge is 0.459 e. The highest BCUT2D eigenvalue weighted by atomic mass is 79.9. The van der Waals surface area contributed by atoms with Crippen molar-refractivity contribution >= 4 is 21.9 Å². The summed E-state index contributed by atoms with van der Waals surface area (Å²) in [6, 6.07) is 0. The van der Waals surface area contributed by atoms with Crippen LogP contribution in [0.3, 0.4) is 0 Å². The van der Waals surface area contributed by atoms with Crippen LogP contribution >= 0.6 is 15.9 Å². The molecule has 2 nitrogen and oxygen atoms in total. The number of esters is 1. The molecule has 0 aliphatic heterocycles. The molecule has 0 radical (unpaired) electrons. The van der Waals surface area contributed by atoms with E-state index in [1.165, 1.54) is 6.42 Å². The molecule has 13 heavy (non-hydrogen) atoms. The van der Waals surface area contributed by atoms with Crippen molar-refractivity contribution in [1.29, 1.82) is 0 Å². The standard InChI is InChI=1S/C10H17BrO2/c1-2-9(12)13-10(5-3-6-10)7-4-8-11/h2-8H2,1H3. The van der Waals surface area contributed by atoms with E-state index in [1.807, 2.05) is 6.92 Å². The van der Waals surface area contributed by atoms with E-state index in [9.17, 15) is 4.79 Å². The van der Waals surface area contributed by atoms with Crippen LogP contribution in [0.15, 0.2) is 0 Å². The number of hydrogen-bond donors (Lipinski definition) is 0. The smallest absolute Gasteiger partial charge is 0.306 e. The maximum Gasteiger partial charge on any atom is 0.306 e. The molecule has 0 heterocycles. The van der Waals surface area contributed by atoms with Gasteiger partial charge in [-0.2, -0.15) is 0 Å². The van der Waals surface area contributed by atoms with Crippen molar-refractivity contribution in [2.24, 2.45) is 0 Å². The Morgan fingerprint density at radius 3 is 2.62 bits per heavy atom. The van der Waals surface area contributed by atoms with Gasteiger partial charge >= 0.3 is 5.97 Å². The van der Waals surface area contributed by atoms with Gasteiger partial charge in [0.05, 0.1) is 0 Å². The molecule has 76 valence electrons. The average Bonchev–Trinajstić information content (AvgIpc) is 2.09. The van der Waals surface area contributed by atoms with E-state index < -0.39 is 0 Å². The van der Waals surface area contributed by atoms with Gasteiger partial charge in [0.2, 0.25) is 0 Å². The summed E-state index contributed by atoms with van der Waals surface area (Å²) in [5.74, 6) is -0.0470. The molecule has 0 aromatic rings. The topological polar surface area (TPSA) is 26.3 Å². The van der Waals surface area contributed by atoms with Crippen molar-refractivity contribution in [2.75, 3.05) is 5.33 Å². The van der Waals surface area contributed by atoms with Crippen molar-refractivity contribution in [3.63, 3.8) is 0 Å². The van der Waals surface area contributed by atoms with Gasteiger partial charge in [-0.15, -0.1) is 0 Å². The van der Waals surface area contributed by atoms with Crippen molar-refractivity contribution in [2.45, 2.75) is 51.0 Å². The zero-order valence-corrected chi connectivity index (χ0v) is 9.73. The van der Waals surface area contributed by atoms with E-state index in [4.69, 9.17) is 4.74 Å². The summed E-state index contributed by atoms with van der Waals surface area (Å²) in [5.41, 5.74) is -0.0825.